The van der Waals surface area contributed by atoms with Crippen molar-refractivity contribution in [1.29, 1.82) is 0 Å². The van der Waals surface area contributed by atoms with E-state index in [1.54, 1.807) is 6.92 Å². The zero-order valence-corrected chi connectivity index (χ0v) is 10.5. The van der Waals surface area contributed by atoms with Gasteiger partial charge in [-0.05, 0) is 32.6 Å². The Kier molecular flexibility index (Phi) is 3.82. The minimum absolute atomic E-state index is 0.0665. The molecule has 0 saturated heterocycles. The van der Waals surface area contributed by atoms with Crippen molar-refractivity contribution in [2.75, 3.05) is 0 Å². The van der Waals surface area contributed by atoms with Crippen LogP contribution in [0.1, 0.15) is 41.8 Å². The monoisotopic (exact) mass is 276 g/mol. The normalized spacial score (nSPS) is 24.2. The number of aryl methyl sites for hydroxylation is 1. The number of nitrogens with zero attached hydrogens (tertiary/aromatic N) is 1. The van der Waals surface area contributed by atoms with E-state index in [4.69, 9.17) is 4.52 Å². The Morgan fingerprint density at radius 1 is 1.37 bits per heavy atom. The summed E-state index contributed by atoms with van der Waals surface area (Å²) < 4.78 is 42.3. The lowest BCUT2D eigenvalue weighted by Gasteiger charge is -2.30. The molecule has 1 aliphatic rings. The highest BCUT2D eigenvalue weighted by molar-refractivity contribution is 5.94. The number of amides is 1. The van der Waals surface area contributed by atoms with Gasteiger partial charge < -0.3 is 9.84 Å². The number of halogens is 3. The first-order chi connectivity index (χ1) is 8.88. The summed E-state index contributed by atoms with van der Waals surface area (Å²) in [7, 11) is 0. The van der Waals surface area contributed by atoms with Crippen molar-refractivity contribution in [3.05, 3.63) is 17.5 Å². The fourth-order valence-electron chi connectivity index (χ4n) is 2.34. The van der Waals surface area contributed by atoms with Gasteiger partial charge in [0.1, 0.15) is 11.3 Å². The minimum atomic E-state index is -4.12. The molecule has 4 nitrogen and oxygen atoms in total. The number of carbonyl (C=O) groups excluding carboxylic acids is 1. The predicted octanol–water partition coefficient (Wildman–Crippen LogP) is 2.83. The number of rotatable bonds is 2. The first kappa shape index (κ1) is 13.9. The zero-order chi connectivity index (χ0) is 14.0. The third-order valence-electron chi connectivity index (χ3n) is 3.52. The number of aromatic nitrogens is 1. The van der Waals surface area contributed by atoms with E-state index in [1.165, 1.54) is 6.20 Å². The van der Waals surface area contributed by atoms with Crippen molar-refractivity contribution in [2.45, 2.75) is 44.8 Å². The van der Waals surface area contributed by atoms with Crippen molar-refractivity contribution in [3.8, 4) is 0 Å². The molecule has 1 aliphatic carbocycles. The van der Waals surface area contributed by atoms with E-state index >= 15 is 0 Å². The Balaban J connectivity index is 1.86. The topological polar surface area (TPSA) is 55.1 Å². The number of alkyl halides is 3. The SMILES string of the molecule is Cc1oncc1C(=O)NC1CCC(C(F)(F)F)CC1. The second-order valence-electron chi connectivity index (χ2n) is 4.86. The molecular formula is C12H15F3N2O2. The van der Waals surface area contributed by atoms with Gasteiger partial charge in [-0.3, -0.25) is 4.79 Å². The summed E-state index contributed by atoms with van der Waals surface area (Å²) in [5.74, 6) is -1.17. The van der Waals surface area contributed by atoms with Gasteiger partial charge in [-0.15, -0.1) is 0 Å². The summed E-state index contributed by atoms with van der Waals surface area (Å²) in [5, 5.41) is 6.22. The minimum Gasteiger partial charge on any atom is -0.361 e. The molecule has 0 aromatic carbocycles. The molecule has 0 unspecified atom stereocenters. The van der Waals surface area contributed by atoms with Crippen LogP contribution in [0.15, 0.2) is 10.7 Å². The van der Waals surface area contributed by atoms with Gasteiger partial charge in [-0.1, -0.05) is 5.16 Å². The molecule has 0 radical (unpaired) electrons. The summed E-state index contributed by atoms with van der Waals surface area (Å²) >= 11 is 0. The third kappa shape index (κ3) is 3.27. The summed E-state index contributed by atoms with van der Waals surface area (Å²) in [6.07, 6.45) is -1.99. The Morgan fingerprint density at radius 3 is 2.47 bits per heavy atom. The average molecular weight is 276 g/mol. The third-order valence-corrected chi connectivity index (χ3v) is 3.52. The van der Waals surface area contributed by atoms with Crippen LogP contribution in [0.25, 0.3) is 0 Å². The lowest BCUT2D eigenvalue weighted by molar-refractivity contribution is -0.182. The van der Waals surface area contributed by atoms with E-state index in [9.17, 15) is 18.0 Å². The first-order valence-corrected chi connectivity index (χ1v) is 6.16. The van der Waals surface area contributed by atoms with Crippen LogP contribution in [0.3, 0.4) is 0 Å². The Labute approximate surface area is 108 Å². The van der Waals surface area contributed by atoms with E-state index in [0.717, 1.165) is 0 Å². The molecule has 1 N–H and O–H groups in total. The van der Waals surface area contributed by atoms with Crippen LogP contribution in [-0.4, -0.2) is 23.3 Å². The van der Waals surface area contributed by atoms with Gasteiger partial charge in [0.2, 0.25) is 0 Å². The average Bonchev–Trinajstić information content (AvgIpc) is 2.75. The van der Waals surface area contributed by atoms with E-state index in [0.29, 0.717) is 24.2 Å². The van der Waals surface area contributed by atoms with Crippen LogP contribution >= 0.6 is 0 Å². The second-order valence-corrected chi connectivity index (χ2v) is 4.86. The fraction of sp³-hybridized carbons (Fsp3) is 0.667. The first-order valence-electron chi connectivity index (χ1n) is 6.16. The highest BCUT2D eigenvalue weighted by Crippen LogP contribution is 2.37. The lowest BCUT2D eigenvalue weighted by Crippen LogP contribution is -2.40. The number of hydrogen-bond donors (Lipinski definition) is 1. The van der Waals surface area contributed by atoms with Gasteiger partial charge in [0.15, 0.2) is 0 Å². The van der Waals surface area contributed by atoms with E-state index < -0.39 is 12.1 Å². The summed E-state index contributed by atoms with van der Waals surface area (Å²) in [4.78, 5) is 11.8. The molecular weight excluding hydrogens is 261 g/mol. The lowest BCUT2D eigenvalue weighted by atomic mass is 9.85. The van der Waals surface area contributed by atoms with Crippen molar-refractivity contribution < 1.29 is 22.5 Å². The van der Waals surface area contributed by atoms with E-state index in [2.05, 4.69) is 10.5 Å². The van der Waals surface area contributed by atoms with Crippen molar-refractivity contribution >= 4 is 5.91 Å². The number of nitrogens with one attached hydrogen (secondary N) is 1. The highest BCUT2D eigenvalue weighted by Gasteiger charge is 2.41. The van der Waals surface area contributed by atoms with Gasteiger partial charge >= 0.3 is 6.18 Å². The fourth-order valence-corrected chi connectivity index (χ4v) is 2.34. The van der Waals surface area contributed by atoms with E-state index in [-0.39, 0.29) is 24.8 Å². The largest absolute Gasteiger partial charge is 0.391 e. The summed E-state index contributed by atoms with van der Waals surface area (Å²) in [6, 6.07) is -0.208. The van der Waals surface area contributed by atoms with Crippen LogP contribution in [0.5, 0.6) is 0 Å². The van der Waals surface area contributed by atoms with Crippen LogP contribution < -0.4 is 5.32 Å². The van der Waals surface area contributed by atoms with Crippen LogP contribution in [0.2, 0.25) is 0 Å². The quantitative estimate of drug-likeness (QED) is 0.903. The molecule has 1 aromatic rings. The Morgan fingerprint density at radius 2 is 2.00 bits per heavy atom. The van der Waals surface area contributed by atoms with E-state index in [1.807, 2.05) is 0 Å². The van der Waals surface area contributed by atoms with Crippen molar-refractivity contribution in [3.63, 3.8) is 0 Å². The maximum Gasteiger partial charge on any atom is 0.391 e. The molecule has 19 heavy (non-hydrogen) atoms. The van der Waals surface area contributed by atoms with Crippen LogP contribution in [-0.2, 0) is 0 Å². The summed E-state index contributed by atoms with van der Waals surface area (Å²) in [5.41, 5.74) is 0.331. The van der Waals surface area contributed by atoms with Crippen LogP contribution in [0.4, 0.5) is 13.2 Å². The molecule has 0 spiro atoms. The zero-order valence-electron chi connectivity index (χ0n) is 10.5. The molecule has 1 amide bonds. The summed E-state index contributed by atoms with van der Waals surface area (Å²) in [6.45, 7) is 1.61. The number of hydrogen-bond acceptors (Lipinski definition) is 3. The molecule has 0 atom stereocenters. The predicted molar refractivity (Wildman–Crippen MR) is 60.5 cm³/mol. The molecule has 1 heterocycles. The molecule has 7 heteroatoms. The molecule has 106 valence electrons. The molecule has 0 bridgehead atoms. The van der Waals surface area contributed by atoms with Gasteiger partial charge in [-0.25, -0.2) is 0 Å². The van der Waals surface area contributed by atoms with Gasteiger partial charge in [0, 0.05) is 6.04 Å². The molecule has 1 aromatic heterocycles. The van der Waals surface area contributed by atoms with Crippen molar-refractivity contribution in [1.82, 2.24) is 10.5 Å². The Hall–Kier alpha value is -1.53. The standard InChI is InChI=1S/C12H15F3N2O2/c1-7-10(6-16-19-7)11(18)17-9-4-2-8(3-5-9)12(13,14)15/h6,8-9H,2-5H2,1H3,(H,17,18). The molecule has 2 rings (SSSR count). The van der Waals surface area contributed by atoms with Crippen molar-refractivity contribution in [2.24, 2.45) is 5.92 Å². The molecule has 0 aliphatic heterocycles. The van der Waals surface area contributed by atoms with Gasteiger partial charge in [-0.2, -0.15) is 13.2 Å². The van der Waals surface area contributed by atoms with Crippen LogP contribution in [0, 0.1) is 12.8 Å². The van der Waals surface area contributed by atoms with Gasteiger partial charge in [0.25, 0.3) is 5.91 Å². The van der Waals surface area contributed by atoms with Gasteiger partial charge in [0.05, 0.1) is 12.1 Å². The smallest absolute Gasteiger partial charge is 0.361 e. The highest BCUT2D eigenvalue weighted by atomic mass is 19.4. The molecule has 1 saturated carbocycles. The molecule has 1 fully saturated rings. The Bertz CT molecular complexity index is 448. The maximum absolute atomic E-state index is 12.5. The number of carbonyl (C=O) groups is 1. The maximum atomic E-state index is 12.5. The second kappa shape index (κ2) is 5.22.